The van der Waals surface area contributed by atoms with Crippen molar-refractivity contribution in [3.8, 4) is 23.1 Å². The standard InChI is InChI=1S/C23H23N5O/c24-13-19-22(16-7-9-17(10-8-16)29-14-15-5-6-15)27-28-21(11-12-26-23(19)28)18-3-1-2-4-20(18)25/h1-4,7-10,15,21,26H,5-6,11-12,14,25H2. The summed E-state index contributed by atoms with van der Waals surface area (Å²) in [5, 5.41) is 18.0. The van der Waals surface area contributed by atoms with Gasteiger partial charge >= 0.3 is 0 Å². The molecule has 1 unspecified atom stereocenters. The predicted octanol–water partition coefficient (Wildman–Crippen LogP) is 4.20. The van der Waals surface area contributed by atoms with E-state index in [9.17, 15) is 5.26 Å². The van der Waals surface area contributed by atoms with Gasteiger partial charge < -0.3 is 15.8 Å². The molecule has 146 valence electrons. The first-order chi connectivity index (χ1) is 14.2. The minimum atomic E-state index is 0.00875. The third kappa shape index (κ3) is 3.29. The zero-order chi connectivity index (χ0) is 19.8. The molecule has 3 aromatic rings. The average Bonchev–Trinajstić information content (AvgIpc) is 3.51. The van der Waals surface area contributed by atoms with Crippen LogP contribution in [0.25, 0.3) is 11.3 Å². The van der Waals surface area contributed by atoms with Crippen LogP contribution < -0.4 is 15.8 Å². The molecule has 29 heavy (non-hydrogen) atoms. The van der Waals surface area contributed by atoms with Gasteiger partial charge in [-0.3, -0.25) is 0 Å². The van der Waals surface area contributed by atoms with E-state index in [1.54, 1.807) is 0 Å². The molecule has 0 amide bonds. The van der Waals surface area contributed by atoms with Gasteiger partial charge in [-0.1, -0.05) is 18.2 Å². The second-order valence-corrected chi connectivity index (χ2v) is 7.77. The lowest BCUT2D eigenvalue weighted by Crippen LogP contribution is -2.25. The van der Waals surface area contributed by atoms with E-state index in [0.29, 0.717) is 17.2 Å². The van der Waals surface area contributed by atoms with E-state index in [-0.39, 0.29) is 6.04 Å². The van der Waals surface area contributed by atoms with Crippen molar-refractivity contribution in [3.05, 3.63) is 59.7 Å². The van der Waals surface area contributed by atoms with Crippen molar-refractivity contribution >= 4 is 11.5 Å². The number of hydrogen-bond acceptors (Lipinski definition) is 5. The Labute approximate surface area is 169 Å². The van der Waals surface area contributed by atoms with Gasteiger partial charge in [-0.2, -0.15) is 10.4 Å². The molecule has 0 spiro atoms. The number of aromatic nitrogens is 2. The number of rotatable bonds is 5. The van der Waals surface area contributed by atoms with Gasteiger partial charge in [0.25, 0.3) is 0 Å². The third-order valence-corrected chi connectivity index (χ3v) is 5.69. The minimum absolute atomic E-state index is 0.00875. The van der Waals surface area contributed by atoms with E-state index in [1.807, 2.05) is 53.2 Å². The second kappa shape index (κ2) is 7.17. The molecule has 1 aliphatic carbocycles. The molecule has 1 atom stereocenters. The summed E-state index contributed by atoms with van der Waals surface area (Å²) in [4.78, 5) is 0. The first-order valence-corrected chi connectivity index (χ1v) is 10.1. The van der Waals surface area contributed by atoms with E-state index >= 15 is 0 Å². The Morgan fingerprint density at radius 2 is 1.93 bits per heavy atom. The summed E-state index contributed by atoms with van der Waals surface area (Å²) < 4.78 is 7.75. The maximum Gasteiger partial charge on any atom is 0.143 e. The van der Waals surface area contributed by atoms with Gasteiger partial charge in [0.1, 0.15) is 28.9 Å². The second-order valence-electron chi connectivity index (χ2n) is 7.77. The number of hydrogen-bond donors (Lipinski definition) is 2. The number of nitriles is 1. The SMILES string of the molecule is N#Cc1c(-c2ccc(OCC3CC3)cc2)nn2c1NCCC2c1ccccc1N. The zero-order valence-corrected chi connectivity index (χ0v) is 16.1. The van der Waals surface area contributed by atoms with Crippen LogP contribution in [-0.4, -0.2) is 22.9 Å². The van der Waals surface area contributed by atoms with Crippen LogP contribution in [0.15, 0.2) is 48.5 Å². The molecule has 0 bridgehead atoms. The van der Waals surface area contributed by atoms with Crippen LogP contribution >= 0.6 is 0 Å². The van der Waals surface area contributed by atoms with Crippen molar-refractivity contribution in [2.75, 3.05) is 24.2 Å². The number of nitrogens with two attached hydrogens (primary N) is 1. The highest BCUT2D eigenvalue weighted by Crippen LogP contribution is 2.38. The number of fused-ring (bicyclic) bond motifs is 1. The lowest BCUT2D eigenvalue weighted by Gasteiger charge is -2.27. The number of nitrogen functional groups attached to an aromatic ring is 1. The van der Waals surface area contributed by atoms with Crippen LogP contribution in [0.4, 0.5) is 11.5 Å². The number of nitrogens with one attached hydrogen (secondary N) is 1. The van der Waals surface area contributed by atoms with Crippen molar-refractivity contribution < 1.29 is 4.74 Å². The molecule has 2 heterocycles. The Morgan fingerprint density at radius 1 is 1.14 bits per heavy atom. The number of ether oxygens (including phenoxy) is 1. The lowest BCUT2D eigenvalue weighted by atomic mass is 10.0. The van der Waals surface area contributed by atoms with Crippen molar-refractivity contribution in [1.29, 1.82) is 5.26 Å². The van der Waals surface area contributed by atoms with E-state index in [4.69, 9.17) is 15.6 Å². The van der Waals surface area contributed by atoms with Gasteiger partial charge in [0.05, 0.1) is 12.6 Å². The summed E-state index contributed by atoms with van der Waals surface area (Å²) in [7, 11) is 0. The molecule has 2 aliphatic rings. The molecule has 2 aromatic carbocycles. The molecular weight excluding hydrogens is 362 g/mol. The van der Waals surface area contributed by atoms with Crippen molar-refractivity contribution in [2.45, 2.75) is 25.3 Å². The van der Waals surface area contributed by atoms with Gasteiger partial charge in [0.15, 0.2) is 0 Å². The van der Waals surface area contributed by atoms with Crippen LogP contribution in [-0.2, 0) is 0 Å². The van der Waals surface area contributed by atoms with Crippen molar-refractivity contribution in [3.63, 3.8) is 0 Å². The molecule has 0 saturated heterocycles. The topological polar surface area (TPSA) is 88.9 Å². The fraction of sp³-hybridized carbons (Fsp3) is 0.304. The summed E-state index contributed by atoms with van der Waals surface area (Å²) in [5.74, 6) is 2.33. The maximum atomic E-state index is 9.85. The van der Waals surface area contributed by atoms with E-state index in [0.717, 1.165) is 48.0 Å². The number of anilines is 2. The zero-order valence-electron chi connectivity index (χ0n) is 16.1. The van der Waals surface area contributed by atoms with Crippen molar-refractivity contribution in [1.82, 2.24) is 9.78 Å². The predicted molar refractivity (Wildman–Crippen MR) is 113 cm³/mol. The number of para-hydroxylation sites is 1. The van der Waals surface area contributed by atoms with Gasteiger partial charge in [0, 0.05) is 17.8 Å². The van der Waals surface area contributed by atoms with Crippen LogP contribution in [0.1, 0.15) is 36.4 Å². The normalized spacial score (nSPS) is 17.8. The van der Waals surface area contributed by atoms with Crippen LogP contribution in [0.3, 0.4) is 0 Å². The number of nitrogens with zero attached hydrogens (tertiary/aromatic N) is 3. The third-order valence-electron chi connectivity index (χ3n) is 5.69. The minimum Gasteiger partial charge on any atom is -0.493 e. The highest BCUT2D eigenvalue weighted by atomic mass is 16.5. The average molecular weight is 385 g/mol. The summed E-state index contributed by atoms with van der Waals surface area (Å²) >= 11 is 0. The fourth-order valence-electron chi connectivity index (χ4n) is 3.90. The van der Waals surface area contributed by atoms with E-state index < -0.39 is 0 Å². The molecule has 1 aliphatic heterocycles. The summed E-state index contributed by atoms with van der Waals surface area (Å²) in [5.41, 5.74) is 10.2. The Balaban J connectivity index is 1.50. The first kappa shape index (κ1) is 17.6. The fourth-order valence-corrected chi connectivity index (χ4v) is 3.90. The molecule has 1 aromatic heterocycles. The van der Waals surface area contributed by atoms with E-state index in [2.05, 4.69) is 11.4 Å². The Hall–Kier alpha value is -3.46. The highest BCUT2D eigenvalue weighted by molar-refractivity contribution is 5.74. The van der Waals surface area contributed by atoms with E-state index in [1.165, 1.54) is 12.8 Å². The quantitative estimate of drug-likeness (QED) is 0.643. The lowest BCUT2D eigenvalue weighted by molar-refractivity contribution is 0.300. The summed E-state index contributed by atoms with van der Waals surface area (Å²) in [6.45, 7) is 1.55. The smallest absolute Gasteiger partial charge is 0.143 e. The van der Waals surface area contributed by atoms with Crippen LogP contribution in [0.2, 0.25) is 0 Å². The Bertz CT molecular complexity index is 1080. The highest BCUT2D eigenvalue weighted by Gasteiger charge is 2.29. The van der Waals surface area contributed by atoms with Gasteiger partial charge in [-0.05, 0) is 61.1 Å². The molecule has 0 radical (unpaired) electrons. The molecule has 6 nitrogen and oxygen atoms in total. The first-order valence-electron chi connectivity index (χ1n) is 10.1. The summed E-state index contributed by atoms with van der Waals surface area (Å²) in [6.07, 6.45) is 3.40. The summed E-state index contributed by atoms with van der Waals surface area (Å²) in [6, 6.07) is 18.1. The van der Waals surface area contributed by atoms with Gasteiger partial charge in [0.2, 0.25) is 0 Å². The Morgan fingerprint density at radius 3 is 2.66 bits per heavy atom. The van der Waals surface area contributed by atoms with Gasteiger partial charge in [-0.25, -0.2) is 4.68 Å². The molecule has 6 heteroatoms. The maximum absolute atomic E-state index is 9.85. The molecule has 3 N–H and O–H groups in total. The largest absolute Gasteiger partial charge is 0.493 e. The molecule has 1 saturated carbocycles. The number of benzene rings is 2. The molecule has 5 rings (SSSR count). The Kier molecular flexibility index (Phi) is 4.36. The molecule has 1 fully saturated rings. The van der Waals surface area contributed by atoms with Crippen LogP contribution in [0, 0.1) is 17.2 Å². The molecular formula is C23H23N5O. The van der Waals surface area contributed by atoms with Gasteiger partial charge in [-0.15, -0.1) is 0 Å². The monoisotopic (exact) mass is 385 g/mol. The van der Waals surface area contributed by atoms with Crippen molar-refractivity contribution in [2.24, 2.45) is 5.92 Å². The van der Waals surface area contributed by atoms with Crippen LogP contribution in [0.5, 0.6) is 5.75 Å².